The van der Waals surface area contributed by atoms with E-state index in [1.165, 1.54) is 21.2 Å². The smallest absolute Gasteiger partial charge is 0.125 e. The van der Waals surface area contributed by atoms with Gasteiger partial charge in [-0.25, -0.2) is 0 Å². The summed E-state index contributed by atoms with van der Waals surface area (Å²) in [4.78, 5) is 0. The molecule has 1 aromatic carbocycles. The van der Waals surface area contributed by atoms with Gasteiger partial charge in [0, 0.05) is 15.8 Å². The Kier molecular flexibility index (Phi) is 3.17. The van der Waals surface area contributed by atoms with Crippen LogP contribution in [0.25, 0.3) is 21.2 Å². The van der Waals surface area contributed by atoms with E-state index in [0.717, 1.165) is 18.8 Å². The average Bonchev–Trinajstić information content (AvgIpc) is 3.04. The van der Waals surface area contributed by atoms with E-state index in [1.54, 1.807) is 17.6 Å². The maximum Gasteiger partial charge on any atom is 0.125 e. The van der Waals surface area contributed by atoms with Gasteiger partial charge >= 0.3 is 0 Å². The van der Waals surface area contributed by atoms with Crippen molar-refractivity contribution in [1.29, 1.82) is 0 Å². The molecule has 3 heteroatoms. The number of furan rings is 1. The first-order valence-corrected chi connectivity index (χ1v) is 7.02. The molecule has 0 aliphatic carbocycles. The minimum absolute atomic E-state index is 0.778. The number of nitrogens with one attached hydrogen (secondary N) is 1. The van der Waals surface area contributed by atoms with Crippen LogP contribution in [-0.4, -0.2) is 6.54 Å². The van der Waals surface area contributed by atoms with E-state index in [4.69, 9.17) is 4.42 Å². The molecule has 0 saturated heterocycles. The minimum Gasteiger partial charge on any atom is -0.467 e. The highest BCUT2D eigenvalue weighted by Gasteiger charge is 2.11. The van der Waals surface area contributed by atoms with Gasteiger partial charge in [-0.1, -0.05) is 25.1 Å². The Balaban J connectivity index is 2.09. The maximum absolute atomic E-state index is 5.59. The number of rotatable bonds is 4. The van der Waals surface area contributed by atoms with Crippen molar-refractivity contribution in [1.82, 2.24) is 5.32 Å². The van der Waals surface area contributed by atoms with Crippen LogP contribution < -0.4 is 5.32 Å². The summed E-state index contributed by atoms with van der Waals surface area (Å²) < 4.78 is 6.92. The highest BCUT2D eigenvalue weighted by molar-refractivity contribution is 7.17. The van der Waals surface area contributed by atoms with Crippen LogP contribution in [0.2, 0.25) is 0 Å². The number of thiophene rings is 1. The van der Waals surface area contributed by atoms with Gasteiger partial charge in [0.1, 0.15) is 5.76 Å². The summed E-state index contributed by atoms with van der Waals surface area (Å²) in [5.74, 6) is 1.01. The van der Waals surface area contributed by atoms with Crippen molar-refractivity contribution < 1.29 is 4.42 Å². The summed E-state index contributed by atoms with van der Waals surface area (Å²) in [6, 6.07) is 10.6. The molecular formula is C15H15NOS. The van der Waals surface area contributed by atoms with Crippen molar-refractivity contribution in [2.75, 3.05) is 6.54 Å². The third-order valence-corrected chi connectivity index (χ3v) is 4.01. The predicted octanol–water partition coefficient (Wildman–Crippen LogP) is 4.27. The fourth-order valence-corrected chi connectivity index (χ4v) is 3.09. The third-order valence-electron chi connectivity index (χ3n) is 3.05. The van der Waals surface area contributed by atoms with Gasteiger partial charge in [0.2, 0.25) is 0 Å². The van der Waals surface area contributed by atoms with Gasteiger partial charge in [-0.05, 0) is 29.4 Å². The van der Waals surface area contributed by atoms with Crippen molar-refractivity contribution >= 4 is 21.4 Å². The molecule has 0 spiro atoms. The van der Waals surface area contributed by atoms with Crippen molar-refractivity contribution in [3.63, 3.8) is 0 Å². The molecule has 2 aromatic heterocycles. The molecule has 0 unspecified atom stereocenters. The lowest BCUT2D eigenvalue weighted by Gasteiger charge is -2.04. The number of hydrogen-bond donors (Lipinski definition) is 1. The molecule has 3 aromatic rings. The minimum atomic E-state index is 0.778. The quantitative estimate of drug-likeness (QED) is 0.755. The largest absolute Gasteiger partial charge is 0.467 e. The van der Waals surface area contributed by atoms with Crippen molar-refractivity contribution in [3.8, 4) is 11.1 Å². The van der Waals surface area contributed by atoms with Crippen LogP contribution in [0.3, 0.4) is 0 Å². The second-order valence-corrected chi connectivity index (χ2v) is 5.10. The fraction of sp³-hybridized carbons (Fsp3) is 0.200. The Morgan fingerprint density at radius 3 is 3.00 bits per heavy atom. The molecule has 92 valence electrons. The van der Waals surface area contributed by atoms with E-state index in [9.17, 15) is 0 Å². The van der Waals surface area contributed by atoms with E-state index in [0.29, 0.717) is 0 Å². The molecule has 2 nitrogen and oxygen atoms in total. The van der Waals surface area contributed by atoms with Crippen LogP contribution in [0.15, 0.2) is 46.4 Å². The maximum atomic E-state index is 5.59. The Hall–Kier alpha value is -1.58. The lowest BCUT2D eigenvalue weighted by atomic mass is 10.0. The Labute approximate surface area is 110 Å². The molecule has 0 atom stereocenters. The topological polar surface area (TPSA) is 25.2 Å². The summed E-state index contributed by atoms with van der Waals surface area (Å²) in [7, 11) is 0. The summed E-state index contributed by atoms with van der Waals surface area (Å²) in [5.41, 5.74) is 2.47. The Bertz CT molecular complexity index is 653. The van der Waals surface area contributed by atoms with E-state index in [1.807, 2.05) is 0 Å². The van der Waals surface area contributed by atoms with E-state index in [-0.39, 0.29) is 0 Å². The van der Waals surface area contributed by atoms with Crippen LogP contribution in [0, 0.1) is 0 Å². The molecule has 3 rings (SSSR count). The molecule has 0 fully saturated rings. The second-order valence-electron chi connectivity index (χ2n) is 4.18. The van der Waals surface area contributed by atoms with E-state index >= 15 is 0 Å². The summed E-state index contributed by atoms with van der Waals surface area (Å²) >= 11 is 1.78. The molecule has 0 amide bonds. The van der Waals surface area contributed by atoms with Gasteiger partial charge in [-0.2, -0.15) is 0 Å². The van der Waals surface area contributed by atoms with Crippen LogP contribution in [0.1, 0.15) is 12.7 Å². The molecule has 0 radical (unpaired) electrons. The normalized spacial score (nSPS) is 11.2. The SMILES string of the molecule is CCNCc1occc1-c1cccc2ccsc12. The summed E-state index contributed by atoms with van der Waals surface area (Å²) in [5, 5.41) is 6.75. The first-order valence-electron chi connectivity index (χ1n) is 6.14. The van der Waals surface area contributed by atoms with Crippen molar-refractivity contribution in [2.24, 2.45) is 0 Å². The molecule has 0 aliphatic heterocycles. The molecular weight excluding hydrogens is 242 g/mol. The van der Waals surface area contributed by atoms with E-state index in [2.05, 4.69) is 48.0 Å². The van der Waals surface area contributed by atoms with E-state index < -0.39 is 0 Å². The standard InChI is InChI=1S/C15H15NOS/c1-2-16-10-14-12(6-8-17-14)13-5-3-4-11-7-9-18-15(11)13/h3-9,16H,2,10H2,1H3. The van der Waals surface area contributed by atoms with Gasteiger partial charge in [0.05, 0.1) is 12.8 Å². The number of benzene rings is 1. The fourth-order valence-electron chi connectivity index (χ4n) is 2.16. The Morgan fingerprint density at radius 1 is 1.17 bits per heavy atom. The van der Waals surface area contributed by atoms with Gasteiger partial charge in [-0.3, -0.25) is 0 Å². The van der Waals surface area contributed by atoms with Crippen LogP contribution in [0.5, 0.6) is 0 Å². The zero-order chi connectivity index (χ0) is 12.4. The van der Waals surface area contributed by atoms with Crippen LogP contribution in [0.4, 0.5) is 0 Å². The first kappa shape index (κ1) is 11.5. The van der Waals surface area contributed by atoms with Gasteiger partial charge in [-0.15, -0.1) is 11.3 Å². The molecule has 0 aliphatic rings. The number of hydrogen-bond acceptors (Lipinski definition) is 3. The van der Waals surface area contributed by atoms with Gasteiger partial charge < -0.3 is 9.73 Å². The molecule has 0 bridgehead atoms. The monoisotopic (exact) mass is 257 g/mol. The number of fused-ring (bicyclic) bond motifs is 1. The summed E-state index contributed by atoms with van der Waals surface area (Å²) in [6.45, 7) is 3.83. The summed E-state index contributed by atoms with van der Waals surface area (Å²) in [6.07, 6.45) is 1.77. The zero-order valence-corrected chi connectivity index (χ0v) is 11.1. The molecule has 2 heterocycles. The highest BCUT2D eigenvalue weighted by Crippen LogP contribution is 2.34. The predicted molar refractivity (Wildman–Crippen MR) is 76.9 cm³/mol. The van der Waals surface area contributed by atoms with Gasteiger partial charge in [0.15, 0.2) is 0 Å². The highest BCUT2D eigenvalue weighted by atomic mass is 32.1. The molecule has 18 heavy (non-hydrogen) atoms. The first-order chi connectivity index (χ1) is 8.90. The van der Waals surface area contributed by atoms with Crippen LogP contribution in [-0.2, 0) is 6.54 Å². The van der Waals surface area contributed by atoms with Gasteiger partial charge in [0.25, 0.3) is 0 Å². The third kappa shape index (κ3) is 1.96. The lowest BCUT2D eigenvalue weighted by molar-refractivity contribution is 0.489. The average molecular weight is 257 g/mol. The zero-order valence-electron chi connectivity index (χ0n) is 10.3. The Morgan fingerprint density at radius 2 is 2.11 bits per heavy atom. The van der Waals surface area contributed by atoms with Crippen molar-refractivity contribution in [3.05, 3.63) is 47.7 Å². The molecule has 0 saturated carbocycles. The van der Waals surface area contributed by atoms with Crippen LogP contribution >= 0.6 is 11.3 Å². The second kappa shape index (κ2) is 4.96. The lowest BCUT2D eigenvalue weighted by Crippen LogP contribution is -2.11. The molecule has 1 N–H and O–H groups in total. The van der Waals surface area contributed by atoms with Crippen molar-refractivity contribution in [2.45, 2.75) is 13.5 Å².